The third-order valence-corrected chi connectivity index (χ3v) is 3.09. The van der Waals surface area contributed by atoms with Crippen molar-refractivity contribution < 1.29 is 14.6 Å². The average molecular weight is 277 g/mol. The zero-order chi connectivity index (χ0) is 14.6. The van der Waals surface area contributed by atoms with Crippen LogP contribution in [0.5, 0.6) is 0 Å². The van der Waals surface area contributed by atoms with Gasteiger partial charge in [-0.05, 0) is 30.5 Å². The highest BCUT2D eigenvalue weighted by Gasteiger charge is 2.07. The molecule has 0 saturated carbocycles. The second-order valence-corrected chi connectivity index (χ2v) is 4.91. The standard InChI is InChI=1S/C17H25O3/c1-3-5-6-7-8-14-19-20-17(18)16-12-10-15(9-4-2)11-13-16/h10-13H,1,3-9,14H2,2H3. The van der Waals surface area contributed by atoms with Crippen molar-refractivity contribution >= 4 is 5.97 Å². The van der Waals surface area contributed by atoms with E-state index in [0.29, 0.717) is 12.2 Å². The highest BCUT2D eigenvalue weighted by Crippen LogP contribution is 2.08. The van der Waals surface area contributed by atoms with Crippen molar-refractivity contribution in [3.05, 3.63) is 42.3 Å². The van der Waals surface area contributed by atoms with Crippen molar-refractivity contribution in [2.75, 3.05) is 6.61 Å². The first kappa shape index (κ1) is 16.7. The van der Waals surface area contributed by atoms with E-state index in [0.717, 1.165) is 44.9 Å². The largest absolute Gasteiger partial charge is 0.373 e. The van der Waals surface area contributed by atoms with Gasteiger partial charge in [-0.2, -0.15) is 4.89 Å². The zero-order valence-electron chi connectivity index (χ0n) is 12.4. The molecule has 1 aromatic rings. The number of carbonyl (C=O) groups excluding carboxylic acids is 1. The summed E-state index contributed by atoms with van der Waals surface area (Å²) in [5.41, 5.74) is 1.76. The van der Waals surface area contributed by atoms with Gasteiger partial charge in [0.25, 0.3) is 0 Å². The van der Waals surface area contributed by atoms with Crippen LogP contribution in [-0.4, -0.2) is 12.6 Å². The van der Waals surface area contributed by atoms with E-state index in [-0.39, 0.29) is 0 Å². The van der Waals surface area contributed by atoms with E-state index in [1.54, 1.807) is 12.1 Å². The van der Waals surface area contributed by atoms with Gasteiger partial charge < -0.3 is 0 Å². The summed E-state index contributed by atoms with van der Waals surface area (Å²) in [6, 6.07) is 7.48. The first-order valence-electron chi connectivity index (χ1n) is 7.50. The summed E-state index contributed by atoms with van der Waals surface area (Å²) in [5, 5.41) is 0. The van der Waals surface area contributed by atoms with E-state index in [9.17, 15) is 4.79 Å². The third-order valence-electron chi connectivity index (χ3n) is 3.09. The molecular formula is C17H25O3. The Labute approximate surface area is 122 Å². The van der Waals surface area contributed by atoms with E-state index in [1.807, 2.05) is 12.1 Å². The normalized spacial score (nSPS) is 10.5. The first-order valence-corrected chi connectivity index (χ1v) is 7.50. The SMILES string of the molecule is [CH2]CCCCCCOOC(=O)c1ccc(CCC)cc1. The minimum Gasteiger partial charge on any atom is -0.293 e. The molecule has 3 heteroatoms. The van der Waals surface area contributed by atoms with Crippen LogP contribution in [0.2, 0.25) is 0 Å². The lowest BCUT2D eigenvalue weighted by atomic mass is 10.1. The molecule has 0 aliphatic heterocycles. The summed E-state index contributed by atoms with van der Waals surface area (Å²) in [7, 11) is 0. The number of hydrogen-bond acceptors (Lipinski definition) is 3. The summed E-state index contributed by atoms with van der Waals surface area (Å²) in [4.78, 5) is 21.4. The van der Waals surface area contributed by atoms with Crippen LogP contribution < -0.4 is 0 Å². The molecular weight excluding hydrogens is 252 g/mol. The van der Waals surface area contributed by atoms with Gasteiger partial charge in [-0.15, -0.1) is 0 Å². The van der Waals surface area contributed by atoms with Gasteiger partial charge in [0.1, 0.15) is 0 Å². The monoisotopic (exact) mass is 277 g/mol. The number of carbonyl (C=O) groups is 1. The van der Waals surface area contributed by atoms with Crippen molar-refractivity contribution in [2.24, 2.45) is 0 Å². The number of benzene rings is 1. The van der Waals surface area contributed by atoms with Gasteiger partial charge in [-0.1, -0.05) is 58.1 Å². The van der Waals surface area contributed by atoms with Crippen LogP contribution in [0.1, 0.15) is 61.4 Å². The molecule has 0 bridgehead atoms. The van der Waals surface area contributed by atoms with E-state index in [4.69, 9.17) is 9.78 Å². The Balaban J connectivity index is 2.18. The lowest BCUT2D eigenvalue weighted by Crippen LogP contribution is -2.07. The Morgan fingerprint density at radius 1 is 1.10 bits per heavy atom. The summed E-state index contributed by atoms with van der Waals surface area (Å²) in [6.07, 6.45) is 7.38. The highest BCUT2D eigenvalue weighted by molar-refractivity contribution is 5.88. The second-order valence-electron chi connectivity index (χ2n) is 4.91. The summed E-state index contributed by atoms with van der Waals surface area (Å²) in [5.74, 6) is -0.425. The quantitative estimate of drug-likeness (QED) is 0.358. The molecule has 0 heterocycles. The molecule has 1 radical (unpaired) electrons. The fourth-order valence-corrected chi connectivity index (χ4v) is 1.93. The number of hydrogen-bond donors (Lipinski definition) is 0. The second kappa shape index (κ2) is 10.4. The minimum absolute atomic E-state index is 0.425. The molecule has 1 rings (SSSR count). The van der Waals surface area contributed by atoms with Crippen molar-refractivity contribution in [1.29, 1.82) is 0 Å². The topological polar surface area (TPSA) is 35.5 Å². The molecule has 0 unspecified atom stereocenters. The van der Waals surface area contributed by atoms with Gasteiger partial charge in [0.05, 0.1) is 12.2 Å². The highest BCUT2D eigenvalue weighted by atomic mass is 17.2. The van der Waals surface area contributed by atoms with Crippen molar-refractivity contribution in [3.8, 4) is 0 Å². The number of rotatable bonds is 10. The third kappa shape index (κ3) is 6.71. The van der Waals surface area contributed by atoms with E-state index >= 15 is 0 Å². The molecule has 0 aliphatic rings. The maximum absolute atomic E-state index is 11.7. The van der Waals surface area contributed by atoms with Crippen molar-refractivity contribution in [3.63, 3.8) is 0 Å². The van der Waals surface area contributed by atoms with Crippen LogP contribution in [0.15, 0.2) is 24.3 Å². The summed E-state index contributed by atoms with van der Waals surface area (Å²) in [6.45, 7) is 6.38. The molecule has 0 aliphatic carbocycles. The maximum atomic E-state index is 11.7. The molecule has 0 atom stereocenters. The molecule has 111 valence electrons. The molecule has 0 saturated heterocycles. The molecule has 0 aromatic heterocycles. The Bertz CT molecular complexity index is 370. The van der Waals surface area contributed by atoms with Crippen LogP contribution in [-0.2, 0) is 16.2 Å². The fraction of sp³-hybridized carbons (Fsp3) is 0.529. The van der Waals surface area contributed by atoms with Crippen molar-refractivity contribution in [1.82, 2.24) is 0 Å². The predicted octanol–water partition coefficient (Wildman–Crippen LogP) is 4.51. The minimum atomic E-state index is -0.425. The molecule has 0 spiro atoms. The van der Waals surface area contributed by atoms with Gasteiger partial charge >= 0.3 is 5.97 Å². The van der Waals surface area contributed by atoms with Crippen LogP contribution in [0.4, 0.5) is 0 Å². The zero-order valence-corrected chi connectivity index (χ0v) is 12.4. The molecule has 0 N–H and O–H groups in total. The van der Waals surface area contributed by atoms with Crippen molar-refractivity contribution in [2.45, 2.75) is 51.9 Å². The molecule has 1 aromatic carbocycles. The predicted molar refractivity (Wildman–Crippen MR) is 80.2 cm³/mol. The lowest BCUT2D eigenvalue weighted by Gasteiger charge is -2.04. The van der Waals surface area contributed by atoms with Gasteiger partial charge in [0.15, 0.2) is 0 Å². The Morgan fingerprint density at radius 2 is 1.80 bits per heavy atom. The maximum Gasteiger partial charge on any atom is 0.373 e. The van der Waals surface area contributed by atoms with Crippen LogP contribution in [0, 0.1) is 6.92 Å². The number of aryl methyl sites for hydroxylation is 1. The smallest absolute Gasteiger partial charge is 0.293 e. The summed E-state index contributed by atoms with van der Waals surface area (Å²) >= 11 is 0. The van der Waals surface area contributed by atoms with Gasteiger partial charge in [-0.3, -0.25) is 4.89 Å². The van der Waals surface area contributed by atoms with Crippen LogP contribution in [0.25, 0.3) is 0 Å². The van der Waals surface area contributed by atoms with Crippen LogP contribution in [0.3, 0.4) is 0 Å². The molecule has 20 heavy (non-hydrogen) atoms. The lowest BCUT2D eigenvalue weighted by molar-refractivity contribution is -0.241. The van der Waals surface area contributed by atoms with E-state index < -0.39 is 5.97 Å². The van der Waals surface area contributed by atoms with Gasteiger partial charge in [-0.25, -0.2) is 4.79 Å². The van der Waals surface area contributed by atoms with Crippen LogP contribution >= 0.6 is 0 Å². The van der Waals surface area contributed by atoms with Gasteiger partial charge in [0, 0.05) is 0 Å². The molecule has 0 amide bonds. The van der Waals surface area contributed by atoms with E-state index in [2.05, 4.69) is 13.8 Å². The summed E-state index contributed by atoms with van der Waals surface area (Å²) < 4.78 is 0. The first-order chi connectivity index (χ1) is 9.77. The number of unbranched alkanes of at least 4 members (excludes halogenated alkanes) is 4. The Kier molecular flexibility index (Phi) is 8.72. The molecule has 3 nitrogen and oxygen atoms in total. The Morgan fingerprint density at radius 3 is 2.45 bits per heavy atom. The van der Waals surface area contributed by atoms with Gasteiger partial charge in [0.2, 0.25) is 0 Å². The van der Waals surface area contributed by atoms with E-state index in [1.165, 1.54) is 5.56 Å². The average Bonchev–Trinajstić information content (AvgIpc) is 2.47. The Hall–Kier alpha value is -1.35. The molecule has 0 fully saturated rings. The fourth-order valence-electron chi connectivity index (χ4n) is 1.93.